The van der Waals surface area contributed by atoms with E-state index in [1.54, 1.807) is 19.2 Å². The lowest BCUT2D eigenvalue weighted by Gasteiger charge is -2.24. The Morgan fingerprint density at radius 1 is 0.135 bits per heavy atom. The minimum Gasteiger partial charge on any atom is -0.187 e. The lowest BCUT2D eigenvalue weighted by atomic mass is 9.79. The van der Waals surface area contributed by atoms with Gasteiger partial charge in [-0.2, -0.15) is 60.0 Å². The van der Waals surface area contributed by atoms with Crippen LogP contribution in [0.15, 0.2) is 0 Å². The molecule has 0 aliphatic carbocycles. The van der Waals surface area contributed by atoms with Gasteiger partial charge in [0.05, 0.1) is 0 Å². The zero-order valence-corrected chi connectivity index (χ0v) is 58.4. The number of benzene rings is 10. The van der Waals surface area contributed by atoms with Crippen molar-refractivity contribution < 1.29 is 0 Å². The van der Waals surface area contributed by atoms with E-state index in [2.05, 4.69) is 200 Å². The molecule has 12 heteroatoms. The van der Waals surface area contributed by atoms with Crippen LogP contribution in [0, 0.1) is 180 Å². The normalized spacial score (nSPS) is 11.8. The predicted octanol–water partition coefficient (Wildman–Crippen LogP) is 18.9. The molecule has 0 atom stereocenters. The molecule has 14 rings (SSSR count). The molecular formula is C77H94N12. The van der Waals surface area contributed by atoms with Crippen molar-refractivity contribution in [2.24, 2.45) is 28.2 Å². The van der Waals surface area contributed by atoms with Crippen molar-refractivity contribution in [3.05, 3.63) is 145 Å². The van der Waals surface area contributed by atoms with E-state index in [4.69, 9.17) is 20.4 Å². The molecule has 0 radical (unpaired) electrons. The van der Waals surface area contributed by atoms with E-state index >= 15 is 0 Å². The maximum absolute atomic E-state index is 4.84. The first-order valence-corrected chi connectivity index (χ1v) is 31.2. The summed E-state index contributed by atoms with van der Waals surface area (Å²) in [6, 6.07) is 0. The van der Waals surface area contributed by atoms with E-state index in [0.717, 1.165) is 44.1 Å². The van der Waals surface area contributed by atoms with E-state index in [-0.39, 0.29) is 7.43 Å². The van der Waals surface area contributed by atoms with Gasteiger partial charge in [-0.1, -0.05) is 7.43 Å². The SMILES string of the molecule is C.Cc1c(C)c(C)c2c(c1C)c(C)c(C)c1nn(C)nc12.Cc1c(C)c(C)c2c(c1C)c1nn(C)nc1c1c(C)c(C)c(C)c(C)c12.Cc1c(C)c(C)c2nn(C)nc2c1C.Cc1c(C)c2c(C)c(C)c3c(C)c(C)c(C)c4c5nn(C)nc5c(c1C)c2c34. The van der Waals surface area contributed by atoms with Gasteiger partial charge in [-0.3, -0.25) is 0 Å². The smallest absolute Gasteiger partial charge is 0.122 e. The van der Waals surface area contributed by atoms with Gasteiger partial charge in [-0.15, -0.1) is 0 Å². The highest BCUT2D eigenvalue weighted by Gasteiger charge is 2.28. The number of nitrogens with zero attached hydrogens (tertiary/aromatic N) is 12. The molecule has 0 N–H and O–H groups in total. The molecule has 0 spiro atoms. The second-order valence-corrected chi connectivity index (χ2v) is 26.3. The van der Waals surface area contributed by atoms with Crippen LogP contribution >= 0.6 is 0 Å². The number of rotatable bonds is 0. The van der Waals surface area contributed by atoms with Crippen LogP contribution in [0.25, 0.3) is 109 Å². The van der Waals surface area contributed by atoms with Crippen molar-refractivity contribution >= 4 is 109 Å². The second-order valence-electron chi connectivity index (χ2n) is 26.3. The first-order chi connectivity index (χ1) is 41.2. The standard InChI is InChI=1S/C25H27N3.C23H27N3.C17H21N3.C11H15N3.CH4/c1-10-12(3)18-16(7)17(8)19-13(4)11(2)15(6)21-23(19)22(18)20(14(10)5)24-25(21)27-28(9)26-24;1-10-12(3)16(7)20-18(14(10)5)19-15(6)11(2)13(4)17(8)21(19)23-22(20)24-26(9)25-23;1-8-9(2)11(4)15-14(10(8)3)12(5)13(6)16-17(15)19-20(7)18-16;1-6-7(2)9(4)11-10(8(6)3)12-14(5)13-11;/h1-9H3;1-9H3;1-7H3;1-5H3;1H4. The molecule has 12 nitrogen and oxygen atoms in total. The fourth-order valence-electron chi connectivity index (χ4n) is 15.1. The van der Waals surface area contributed by atoms with Crippen molar-refractivity contribution in [2.45, 2.75) is 187 Å². The van der Waals surface area contributed by atoms with Crippen molar-refractivity contribution in [1.29, 1.82) is 0 Å². The first-order valence-electron chi connectivity index (χ1n) is 31.2. The quantitative estimate of drug-likeness (QED) is 0.138. The molecule has 89 heavy (non-hydrogen) atoms. The van der Waals surface area contributed by atoms with Crippen molar-refractivity contribution in [3.8, 4) is 0 Å². The van der Waals surface area contributed by atoms with Crippen molar-refractivity contribution in [1.82, 2.24) is 60.0 Å². The van der Waals surface area contributed by atoms with Gasteiger partial charge in [-0.05, 0) is 352 Å². The van der Waals surface area contributed by atoms with Crippen LogP contribution in [0.2, 0.25) is 0 Å². The monoisotopic (exact) mass is 1190 g/mol. The fourth-order valence-corrected chi connectivity index (χ4v) is 15.1. The number of aromatic nitrogens is 12. The minimum atomic E-state index is 0. The van der Waals surface area contributed by atoms with Crippen LogP contribution in [-0.2, 0) is 28.2 Å². The Labute approximate surface area is 526 Å². The zero-order valence-electron chi connectivity index (χ0n) is 58.4. The lowest BCUT2D eigenvalue weighted by molar-refractivity contribution is 0.664. The van der Waals surface area contributed by atoms with Crippen LogP contribution in [0.1, 0.15) is 152 Å². The lowest BCUT2D eigenvalue weighted by Crippen LogP contribution is -2.02. The maximum atomic E-state index is 4.84. The van der Waals surface area contributed by atoms with Gasteiger partial charge < -0.3 is 0 Å². The molecule has 0 unspecified atom stereocenters. The highest BCUT2D eigenvalue weighted by atomic mass is 15.5. The molecular weight excluding hydrogens is 1090 g/mol. The number of hydrogen-bond donors (Lipinski definition) is 0. The molecule has 14 aromatic rings. The summed E-state index contributed by atoms with van der Waals surface area (Å²) in [6.45, 7) is 57.7. The highest BCUT2D eigenvalue weighted by Crippen LogP contribution is 2.49. The Balaban J connectivity index is 0.000000134. The van der Waals surface area contributed by atoms with Gasteiger partial charge in [0.25, 0.3) is 0 Å². The summed E-state index contributed by atoms with van der Waals surface area (Å²) in [5, 5.41) is 53.2. The van der Waals surface area contributed by atoms with Crippen molar-refractivity contribution in [3.63, 3.8) is 0 Å². The molecule has 0 saturated carbocycles. The average Bonchev–Trinajstić information content (AvgIpc) is 1.63. The molecule has 462 valence electrons. The number of aryl methyl sites for hydroxylation is 20. The molecule has 0 saturated heterocycles. The molecule has 10 aromatic carbocycles. The first kappa shape index (κ1) is 63.6. The summed E-state index contributed by atoms with van der Waals surface area (Å²) in [5.41, 5.74) is 43.3. The average molecular weight is 1190 g/mol. The van der Waals surface area contributed by atoms with E-state index in [9.17, 15) is 0 Å². The minimum absolute atomic E-state index is 0. The summed E-state index contributed by atoms with van der Waals surface area (Å²) in [7, 11) is 7.61. The topological polar surface area (TPSA) is 123 Å². The maximum Gasteiger partial charge on any atom is 0.122 e. The second kappa shape index (κ2) is 22.0. The summed E-state index contributed by atoms with van der Waals surface area (Å²) in [5.74, 6) is 0. The van der Waals surface area contributed by atoms with Crippen LogP contribution in [0.3, 0.4) is 0 Å². The third-order valence-corrected chi connectivity index (χ3v) is 22.4. The largest absolute Gasteiger partial charge is 0.187 e. The molecule has 4 aromatic heterocycles. The Hall–Kier alpha value is -8.38. The van der Waals surface area contributed by atoms with Gasteiger partial charge >= 0.3 is 0 Å². The molecule has 4 heterocycles. The van der Waals surface area contributed by atoms with E-state index in [1.165, 1.54) is 209 Å². The third-order valence-electron chi connectivity index (χ3n) is 22.4. The van der Waals surface area contributed by atoms with Gasteiger partial charge in [0.15, 0.2) is 0 Å². The fraction of sp³-hybridized carbons (Fsp3) is 0.403. The highest BCUT2D eigenvalue weighted by molar-refractivity contribution is 6.36. The van der Waals surface area contributed by atoms with Crippen LogP contribution in [-0.4, -0.2) is 60.0 Å². The van der Waals surface area contributed by atoms with E-state index in [0.29, 0.717) is 0 Å². The molecule has 0 amide bonds. The van der Waals surface area contributed by atoms with Crippen LogP contribution in [0.4, 0.5) is 0 Å². The molecule has 0 aliphatic heterocycles. The van der Waals surface area contributed by atoms with Gasteiger partial charge in [-0.25, -0.2) is 0 Å². The Morgan fingerprint density at radius 3 is 0.528 bits per heavy atom. The van der Waals surface area contributed by atoms with Gasteiger partial charge in [0.2, 0.25) is 0 Å². The predicted molar refractivity (Wildman–Crippen MR) is 380 cm³/mol. The molecule has 0 bridgehead atoms. The summed E-state index contributed by atoms with van der Waals surface area (Å²) in [6.07, 6.45) is 0. The van der Waals surface area contributed by atoms with Gasteiger partial charge in [0.1, 0.15) is 44.1 Å². The Morgan fingerprint density at radius 2 is 0.258 bits per heavy atom. The van der Waals surface area contributed by atoms with Gasteiger partial charge in [0, 0.05) is 65.9 Å². The summed E-state index contributed by atoms with van der Waals surface area (Å²) in [4.78, 5) is 6.78. The van der Waals surface area contributed by atoms with E-state index < -0.39 is 0 Å². The Bertz CT molecular complexity index is 5160. The van der Waals surface area contributed by atoms with Crippen molar-refractivity contribution in [2.75, 3.05) is 0 Å². The van der Waals surface area contributed by atoms with Crippen LogP contribution in [0.5, 0.6) is 0 Å². The third kappa shape index (κ3) is 8.94. The molecule has 0 aliphatic rings. The zero-order chi connectivity index (χ0) is 64.5. The summed E-state index contributed by atoms with van der Waals surface area (Å²) < 4.78 is 0. The Kier molecular flexibility index (Phi) is 15.7. The summed E-state index contributed by atoms with van der Waals surface area (Å²) >= 11 is 0. The molecule has 0 fully saturated rings. The number of hydrogen-bond acceptors (Lipinski definition) is 8. The van der Waals surface area contributed by atoms with Crippen LogP contribution < -0.4 is 0 Å². The number of fused-ring (bicyclic) bond motifs is 13. The van der Waals surface area contributed by atoms with E-state index in [1.807, 2.05) is 28.2 Å².